The van der Waals surface area contributed by atoms with Crippen molar-refractivity contribution in [3.05, 3.63) is 23.8 Å². The maximum atomic E-state index is 12.6. The smallest absolute Gasteiger partial charge is 0.338 e. The number of aromatic nitrogens is 2. The Labute approximate surface area is 119 Å². The molecule has 21 heavy (non-hydrogen) atoms. The fourth-order valence-corrected chi connectivity index (χ4v) is 3.33. The number of carboxylic acids is 1. The Morgan fingerprint density at radius 3 is 2.43 bits per heavy atom. The van der Waals surface area contributed by atoms with Crippen LogP contribution in [-0.4, -0.2) is 41.1 Å². The molecule has 116 valence electrons. The van der Waals surface area contributed by atoms with Crippen LogP contribution in [0.4, 0.5) is 8.78 Å². The molecule has 2 rings (SSSR count). The molecule has 0 aliphatic heterocycles. The van der Waals surface area contributed by atoms with Crippen molar-refractivity contribution in [2.75, 3.05) is 5.75 Å². The summed E-state index contributed by atoms with van der Waals surface area (Å²) in [5.74, 6) is -4.76. The van der Waals surface area contributed by atoms with E-state index in [0.717, 1.165) is 12.4 Å². The second-order valence-corrected chi connectivity index (χ2v) is 6.78. The number of carbonyl (C=O) groups is 1. The molecule has 2 N–H and O–H groups in total. The Kier molecular flexibility index (Phi) is 4.19. The molecule has 0 saturated heterocycles. The Morgan fingerprint density at radius 1 is 1.38 bits per heavy atom. The molecule has 1 aromatic heterocycles. The standard InChI is InChI=1S/C11H13F2N3O4S/c12-11(13)1-7(2-11)6-21(19,20)16-5-9-14-3-8(4-15-9)10(17)18/h3-4,7,16H,1-2,5-6H2,(H,17,18). The first kappa shape index (κ1) is 15.7. The number of sulfonamides is 1. The molecule has 0 atom stereocenters. The Bertz CT molecular complexity index is 625. The predicted octanol–water partition coefficient (Wildman–Crippen LogP) is 0.639. The van der Waals surface area contributed by atoms with E-state index in [1.54, 1.807) is 0 Å². The summed E-state index contributed by atoms with van der Waals surface area (Å²) in [4.78, 5) is 18.0. The molecule has 0 spiro atoms. The van der Waals surface area contributed by atoms with Gasteiger partial charge in [-0.3, -0.25) is 0 Å². The number of halogens is 2. The number of hydrogen-bond donors (Lipinski definition) is 2. The number of nitrogens with zero attached hydrogens (tertiary/aromatic N) is 2. The van der Waals surface area contributed by atoms with Crippen molar-refractivity contribution in [1.82, 2.24) is 14.7 Å². The number of alkyl halides is 2. The zero-order chi connectivity index (χ0) is 15.7. The van der Waals surface area contributed by atoms with E-state index in [9.17, 15) is 22.0 Å². The summed E-state index contributed by atoms with van der Waals surface area (Å²) in [7, 11) is -3.70. The van der Waals surface area contributed by atoms with E-state index in [1.807, 2.05) is 0 Å². The topological polar surface area (TPSA) is 109 Å². The highest BCUT2D eigenvalue weighted by Gasteiger charge is 2.46. The Morgan fingerprint density at radius 2 is 1.95 bits per heavy atom. The maximum Gasteiger partial charge on any atom is 0.338 e. The highest BCUT2D eigenvalue weighted by Crippen LogP contribution is 2.42. The van der Waals surface area contributed by atoms with Crippen LogP contribution in [0.15, 0.2) is 12.4 Å². The molecular weight excluding hydrogens is 308 g/mol. The lowest BCUT2D eigenvalue weighted by Crippen LogP contribution is -2.41. The second kappa shape index (κ2) is 5.60. The van der Waals surface area contributed by atoms with Crippen LogP contribution in [-0.2, 0) is 16.6 Å². The van der Waals surface area contributed by atoms with Gasteiger partial charge >= 0.3 is 5.97 Å². The van der Waals surface area contributed by atoms with Crippen LogP contribution in [0.5, 0.6) is 0 Å². The summed E-state index contributed by atoms with van der Waals surface area (Å²) in [6.07, 6.45) is 1.28. The minimum atomic E-state index is -3.70. The van der Waals surface area contributed by atoms with Crippen LogP contribution in [0.3, 0.4) is 0 Å². The SMILES string of the molecule is O=C(O)c1cnc(CNS(=O)(=O)CC2CC(F)(F)C2)nc1. The molecule has 1 heterocycles. The van der Waals surface area contributed by atoms with Gasteiger partial charge in [0, 0.05) is 25.2 Å². The van der Waals surface area contributed by atoms with Crippen LogP contribution in [0.2, 0.25) is 0 Å². The van der Waals surface area contributed by atoms with Crippen LogP contribution in [0.25, 0.3) is 0 Å². The van der Waals surface area contributed by atoms with E-state index >= 15 is 0 Å². The van der Waals surface area contributed by atoms with Gasteiger partial charge in [-0.2, -0.15) is 0 Å². The second-order valence-electron chi connectivity index (χ2n) is 4.93. The molecule has 1 saturated carbocycles. The van der Waals surface area contributed by atoms with Gasteiger partial charge in [-0.1, -0.05) is 0 Å². The highest BCUT2D eigenvalue weighted by molar-refractivity contribution is 7.89. The third kappa shape index (κ3) is 4.39. The van der Waals surface area contributed by atoms with Crippen LogP contribution >= 0.6 is 0 Å². The van der Waals surface area contributed by atoms with E-state index in [1.165, 1.54) is 0 Å². The quantitative estimate of drug-likeness (QED) is 0.796. The summed E-state index contributed by atoms with van der Waals surface area (Å²) >= 11 is 0. The first-order valence-electron chi connectivity index (χ1n) is 6.06. The summed E-state index contributed by atoms with van der Waals surface area (Å²) in [5, 5.41) is 8.66. The zero-order valence-electron chi connectivity index (χ0n) is 10.8. The molecular formula is C11H13F2N3O4S. The number of carboxylic acid groups (broad SMARTS) is 1. The van der Waals surface area contributed by atoms with Gasteiger partial charge < -0.3 is 5.11 Å². The number of rotatable bonds is 6. The lowest BCUT2D eigenvalue weighted by Gasteiger charge is -2.34. The van der Waals surface area contributed by atoms with Gasteiger partial charge in [0.05, 0.1) is 17.9 Å². The number of aromatic carboxylic acids is 1. The summed E-state index contributed by atoms with van der Waals surface area (Å²) in [5.41, 5.74) is -0.113. The van der Waals surface area contributed by atoms with E-state index < -0.39 is 40.7 Å². The molecule has 0 bridgehead atoms. The van der Waals surface area contributed by atoms with Gasteiger partial charge in [-0.25, -0.2) is 36.7 Å². The van der Waals surface area contributed by atoms with Crippen LogP contribution in [0, 0.1) is 5.92 Å². The molecule has 0 amide bonds. The molecule has 1 aromatic rings. The molecule has 0 unspecified atom stereocenters. The van der Waals surface area contributed by atoms with Gasteiger partial charge in [-0.05, 0) is 5.92 Å². The van der Waals surface area contributed by atoms with Crippen molar-refractivity contribution in [3.63, 3.8) is 0 Å². The lowest BCUT2D eigenvalue weighted by atomic mass is 9.83. The van der Waals surface area contributed by atoms with E-state index in [4.69, 9.17) is 5.11 Å². The Hall–Kier alpha value is -1.68. The number of hydrogen-bond acceptors (Lipinski definition) is 5. The zero-order valence-corrected chi connectivity index (χ0v) is 11.6. The van der Waals surface area contributed by atoms with Crippen molar-refractivity contribution in [1.29, 1.82) is 0 Å². The predicted molar refractivity (Wildman–Crippen MR) is 67.3 cm³/mol. The van der Waals surface area contributed by atoms with Crippen molar-refractivity contribution in [2.24, 2.45) is 5.92 Å². The average Bonchev–Trinajstić information content (AvgIpc) is 2.34. The normalized spacial score (nSPS) is 18.2. The number of nitrogens with one attached hydrogen (secondary N) is 1. The van der Waals surface area contributed by atoms with Crippen LogP contribution in [0.1, 0.15) is 29.0 Å². The van der Waals surface area contributed by atoms with Crippen LogP contribution < -0.4 is 4.72 Å². The molecule has 1 fully saturated rings. The molecule has 0 aromatic carbocycles. The molecule has 10 heteroatoms. The highest BCUT2D eigenvalue weighted by atomic mass is 32.2. The average molecular weight is 321 g/mol. The van der Waals surface area contributed by atoms with Crippen molar-refractivity contribution < 1.29 is 27.1 Å². The lowest BCUT2D eigenvalue weighted by molar-refractivity contribution is -0.103. The molecule has 1 aliphatic rings. The Balaban J connectivity index is 1.85. The summed E-state index contributed by atoms with van der Waals surface area (Å²) in [6.45, 7) is -0.217. The van der Waals surface area contributed by atoms with E-state index in [-0.39, 0.29) is 23.7 Å². The maximum absolute atomic E-state index is 12.6. The minimum Gasteiger partial charge on any atom is -0.478 e. The third-order valence-corrected chi connectivity index (χ3v) is 4.53. The third-order valence-electron chi connectivity index (χ3n) is 3.03. The van der Waals surface area contributed by atoms with Gasteiger partial charge in [-0.15, -0.1) is 0 Å². The molecule has 0 radical (unpaired) electrons. The summed E-state index contributed by atoms with van der Waals surface area (Å²) in [6, 6.07) is 0. The van der Waals surface area contributed by atoms with Crippen molar-refractivity contribution >= 4 is 16.0 Å². The molecule has 1 aliphatic carbocycles. The first-order valence-corrected chi connectivity index (χ1v) is 7.71. The largest absolute Gasteiger partial charge is 0.478 e. The fourth-order valence-electron chi connectivity index (χ4n) is 2.00. The van der Waals surface area contributed by atoms with Crippen molar-refractivity contribution in [3.8, 4) is 0 Å². The van der Waals surface area contributed by atoms with E-state index in [2.05, 4.69) is 14.7 Å². The molecule has 7 nitrogen and oxygen atoms in total. The van der Waals surface area contributed by atoms with Crippen molar-refractivity contribution in [2.45, 2.75) is 25.3 Å². The van der Waals surface area contributed by atoms with Gasteiger partial charge in [0.1, 0.15) is 5.82 Å². The minimum absolute atomic E-state index is 0.0996. The van der Waals surface area contributed by atoms with Gasteiger partial charge in [0.25, 0.3) is 0 Å². The van der Waals surface area contributed by atoms with Gasteiger partial charge in [0.15, 0.2) is 0 Å². The monoisotopic (exact) mass is 321 g/mol. The summed E-state index contributed by atoms with van der Waals surface area (Å²) < 4.78 is 50.8. The first-order chi connectivity index (χ1) is 9.67. The van der Waals surface area contributed by atoms with E-state index in [0.29, 0.717) is 0 Å². The fraction of sp³-hybridized carbons (Fsp3) is 0.545. The van der Waals surface area contributed by atoms with Gasteiger partial charge in [0.2, 0.25) is 15.9 Å².